The molecule has 1 amide bonds. The molecule has 1 saturated heterocycles. The van der Waals surface area contributed by atoms with E-state index in [2.05, 4.69) is 41.1 Å². The molecule has 0 aliphatic carbocycles. The number of likely N-dealkylation sites (tertiary alicyclic amines) is 1. The molecule has 1 aromatic heterocycles. The Morgan fingerprint density at radius 3 is 2.52 bits per heavy atom. The first-order valence-corrected chi connectivity index (χ1v) is 9.96. The molecular weight excluding hydrogens is 338 g/mol. The van der Waals surface area contributed by atoms with E-state index in [0.717, 1.165) is 24.6 Å². The lowest BCUT2D eigenvalue weighted by molar-refractivity contribution is 0.0863. The van der Waals surface area contributed by atoms with Gasteiger partial charge in [-0.15, -0.1) is 0 Å². The Hall–Kier alpha value is -2.21. The number of rotatable bonds is 7. The summed E-state index contributed by atoms with van der Waals surface area (Å²) in [5.74, 6) is 1.33. The highest BCUT2D eigenvalue weighted by Crippen LogP contribution is 2.21. The minimum absolute atomic E-state index is 0.00154. The zero-order chi connectivity index (χ0) is 19.2. The normalized spacial score (nSPS) is 17.2. The van der Waals surface area contributed by atoms with Gasteiger partial charge in [-0.2, -0.15) is 5.10 Å². The van der Waals surface area contributed by atoms with E-state index in [4.69, 9.17) is 0 Å². The number of hydrogen-bond acceptors (Lipinski definition) is 4. The standard InChI is InChI=1S/C21H31N5O/c1-16(2)20(25-10-8-17(3)9-11-25)12-23-21(27)19-6-4-18(5-7-19)13-26-15-22-14-24-26/h4-7,14-17,20H,8-13H2,1-3H3,(H,23,27)/t20-/m1/s1. The summed E-state index contributed by atoms with van der Waals surface area (Å²) in [6.45, 7) is 10.4. The number of nitrogens with zero attached hydrogens (tertiary/aromatic N) is 4. The maximum atomic E-state index is 12.6. The van der Waals surface area contributed by atoms with Crippen molar-refractivity contribution in [3.8, 4) is 0 Å². The molecule has 0 saturated carbocycles. The number of benzene rings is 1. The van der Waals surface area contributed by atoms with Crippen molar-refractivity contribution in [2.24, 2.45) is 11.8 Å². The monoisotopic (exact) mass is 369 g/mol. The van der Waals surface area contributed by atoms with E-state index in [0.29, 0.717) is 30.6 Å². The van der Waals surface area contributed by atoms with Crippen molar-refractivity contribution in [1.29, 1.82) is 0 Å². The number of amides is 1. The van der Waals surface area contributed by atoms with E-state index in [1.807, 2.05) is 24.3 Å². The van der Waals surface area contributed by atoms with Crippen LogP contribution in [0.25, 0.3) is 0 Å². The van der Waals surface area contributed by atoms with Gasteiger partial charge in [0.05, 0.1) is 6.54 Å². The van der Waals surface area contributed by atoms with Gasteiger partial charge in [0.1, 0.15) is 12.7 Å². The molecule has 0 unspecified atom stereocenters. The first-order valence-electron chi connectivity index (χ1n) is 9.96. The first kappa shape index (κ1) is 19.5. The number of carbonyl (C=O) groups excluding carboxylic acids is 1. The highest BCUT2D eigenvalue weighted by atomic mass is 16.1. The molecule has 2 heterocycles. The van der Waals surface area contributed by atoms with Crippen LogP contribution in [-0.4, -0.2) is 51.2 Å². The summed E-state index contributed by atoms with van der Waals surface area (Å²) in [7, 11) is 0. The van der Waals surface area contributed by atoms with Gasteiger partial charge < -0.3 is 5.32 Å². The Morgan fingerprint density at radius 1 is 1.22 bits per heavy atom. The second-order valence-corrected chi connectivity index (χ2v) is 8.03. The van der Waals surface area contributed by atoms with Crippen LogP contribution in [0.2, 0.25) is 0 Å². The Balaban J connectivity index is 1.54. The Kier molecular flexibility index (Phi) is 6.61. The summed E-state index contributed by atoms with van der Waals surface area (Å²) < 4.78 is 1.77. The fourth-order valence-electron chi connectivity index (χ4n) is 3.71. The smallest absolute Gasteiger partial charge is 0.251 e. The lowest BCUT2D eigenvalue weighted by Gasteiger charge is -2.38. The van der Waals surface area contributed by atoms with E-state index >= 15 is 0 Å². The number of aromatic nitrogens is 3. The minimum Gasteiger partial charge on any atom is -0.350 e. The lowest BCUT2D eigenvalue weighted by atomic mass is 9.94. The van der Waals surface area contributed by atoms with Crippen LogP contribution in [0.15, 0.2) is 36.9 Å². The van der Waals surface area contributed by atoms with Crippen LogP contribution in [0, 0.1) is 11.8 Å². The predicted molar refractivity (Wildman–Crippen MR) is 106 cm³/mol. The maximum Gasteiger partial charge on any atom is 0.251 e. The highest BCUT2D eigenvalue weighted by molar-refractivity contribution is 5.94. The summed E-state index contributed by atoms with van der Waals surface area (Å²) in [6.07, 6.45) is 5.72. The van der Waals surface area contributed by atoms with Crippen LogP contribution >= 0.6 is 0 Å². The van der Waals surface area contributed by atoms with E-state index in [1.165, 1.54) is 19.2 Å². The van der Waals surface area contributed by atoms with Crippen molar-refractivity contribution in [3.05, 3.63) is 48.0 Å². The summed E-state index contributed by atoms with van der Waals surface area (Å²) in [6, 6.07) is 8.11. The number of carbonyl (C=O) groups is 1. The second-order valence-electron chi connectivity index (χ2n) is 8.03. The molecule has 3 rings (SSSR count). The molecular formula is C21H31N5O. The Morgan fingerprint density at radius 2 is 1.93 bits per heavy atom. The van der Waals surface area contributed by atoms with Gasteiger partial charge in [0.2, 0.25) is 0 Å². The summed E-state index contributed by atoms with van der Waals surface area (Å²) in [4.78, 5) is 19.1. The zero-order valence-electron chi connectivity index (χ0n) is 16.6. The van der Waals surface area contributed by atoms with Crippen LogP contribution in [0.3, 0.4) is 0 Å². The largest absolute Gasteiger partial charge is 0.350 e. The van der Waals surface area contributed by atoms with E-state index in [9.17, 15) is 4.79 Å². The first-order chi connectivity index (χ1) is 13.0. The molecule has 6 nitrogen and oxygen atoms in total. The van der Waals surface area contributed by atoms with Gasteiger partial charge in [-0.05, 0) is 55.5 Å². The summed E-state index contributed by atoms with van der Waals surface area (Å²) in [5, 5.41) is 7.25. The van der Waals surface area contributed by atoms with E-state index < -0.39 is 0 Å². The van der Waals surface area contributed by atoms with Crippen molar-refractivity contribution >= 4 is 5.91 Å². The SMILES string of the molecule is CC1CCN([C@H](CNC(=O)c2ccc(Cn3cncn3)cc2)C(C)C)CC1. The number of nitrogens with one attached hydrogen (secondary N) is 1. The fraction of sp³-hybridized carbons (Fsp3) is 0.571. The van der Waals surface area contributed by atoms with Crippen LogP contribution in [-0.2, 0) is 6.54 Å². The van der Waals surface area contributed by atoms with Crippen molar-refractivity contribution in [1.82, 2.24) is 25.0 Å². The number of piperidine rings is 1. The molecule has 6 heteroatoms. The molecule has 0 radical (unpaired) electrons. The van der Waals surface area contributed by atoms with Crippen molar-refractivity contribution in [3.63, 3.8) is 0 Å². The molecule has 146 valence electrons. The van der Waals surface area contributed by atoms with Crippen LogP contribution in [0.5, 0.6) is 0 Å². The molecule has 1 N–H and O–H groups in total. The average Bonchev–Trinajstić information content (AvgIpc) is 3.16. The van der Waals surface area contributed by atoms with Gasteiger partial charge in [0.25, 0.3) is 5.91 Å². The maximum absolute atomic E-state index is 12.6. The van der Waals surface area contributed by atoms with Gasteiger partial charge in [-0.3, -0.25) is 9.69 Å². The third kappa shape index (κ3) is 5.39. The Bertz CT molecular complexity index is 703. The average molecular weight is 370 g/mol. The van der Waals surface area contributed by atoms with Gasteiger partial charge in [-0.25, -0.2) is 9.67 Å². The topological polar surface area (TPSA) is 63.1 Å². The predicted octanol–water partition coefficient (Wildman–Crippen LogP) is 2.81. The number of hydrogen-bond donors (Lipinski definition) is 1. The molecule has 1 atom stereocenters. The van der Waals surface area contributed by atoms with Gasteiger partial charge in [0.15, 0.2) is 0 Å². The summed E-state index contributed by atoms with van der Waals surface area (Å²) >= 11 is 0. The third-order valence-electron chi connectivity index (χ3n) is 5.56. The van der Waals surface area contributed by atoms with Gasteiger partial charge >= 0.3 is 0 Å². The van der Waals surface area contributed by atoms with Crippen LogP contribution in [0.1, 0.15) is 49.5 Å². The van der Waals surface area contributed by atoms with E-state index in [-0.39, 0.29) is 5.91 Å². The minimum atomic E-state index is -0.00154. The molecule has 1 fully saturated rings. The quantitative estimate of drug-likeness (QED) is 0.815. The molecule has 1 aliphatic heterocycles. The Labute approximate surface area is 162 Å². The third-order valence-corrected chi connectivity index (χ3v) is 5.56. The van der Waals surface area contributed by atoms with Crippen LogP contribution in [0.4, 0.5) is 0 Å². The lowest BCUT2D eigenvalue weighted by Crippen LogP contribution is -2.49. The van der Waals surface area contributed by atoms with Gasteiger partial charge in [-0.1, -0.05) is 32.9 Å². The summed E-state index contributed by atoms with van der Waals surface area (Å²) in [5.41, 5.74) is 1.80. The van der Waals surface area contributed by atoms with E-state index in [1.54, 1.807) is 11.0 Å². The molecule has 1 aliphatic rings. The molecule has 0 spiro atoms. The fourth-order valence-corrected chi connectivity index (χ4v) is 3.71. The van der Waals surface area contributed by atoms with Crippen molar-refractivity contribution < 1.29 is 4.79 Å². The van der Waals surface area contributed by atoms with Crippen molar-refractivity contribution in [2.45, 2.75) is 46.2 Å². The highest BCUT2D eigenvalue weighted by Gasteiger charge is 2.26. The molecule has 2 aromatic rings. The molecule has 1 aromatic carbocycles. The zero-order valence-corrected chi connectivity index (χ0v) is 16.6. The second kappa shape index (κ2) is 9.13. The molecule has 0 bridgehead atoms. The van der Waals surface area contributed by atoms with Crippen molar-refractivity contribution in [2.75, 3.05) is 19.6 Å². The van der Waals surface area contributed by atoms with Gasteiger partial charge in [0, 0.05) is 18.2 Å². The molecule has 27 heavy (non-hydrogen) atoms. The van der Waals surface area contributed by atoms with Crippen LogP contribution < -0.4 is 5.32 Å².